The first-order chi connectivity index (χ1) is 9.73. The number of hydrogen-bond donors (Lipinski definition) is 2. The summed E-state index contributed by atoms with van der Waals surface area (Å²) < 4.78 is 36.9. The summed E-state index contributed by atoms with van der Waals surface area (Å²) in [5.41, 5.74) is 0. The fraction of sp³-hybridized carbons (Fsp3) is 0.500. The average Bonchev–Trinajstić information content (AvgIpc) is 2.80. The number of hydrogen-bond acceptors (Lipinski definition) is 4. The molecule has 118 valence electrons. The van der Waals surface area contributed by atoms with Crippen molar-refractivity contribution in [2.24, 2.45) is 0 Å². The van der Waals surface area contributed by atoms with Crippen LogP contribution in [-0.2, 0) is 4.79 Å². The summed E-state index contributed by atoms with van der Waals surface area (Å²) in [6, 6.07) is 3.30. The highest BCUT2D eigenvalue weighted by Gasteiger charge is 2.32. The van der Waals surface area contributed by atoms with E-state index in [1.165, 1.54) is 11.3 Å². The molecule has 1 heterocycles. The lowest BCUT2D eigenvalue weighted by Crippen LogP contribution is -2.45. The maximum Gasteiger partial charge on any atom is 0.406 e. The first-order valence-electron chi connectivity index (χ1n) is 6.03. The molecule has 9 heteroatoms. The van der Waals surface area contributed by atoms with Gasteiger partial charge in [-0.1, -0.05) is 0 Å². The molecule has 0 aromatic carbocycles. The SMILES string of the molecule is Cc1ccc(C(=O)NCC(=O)N(CCO)CC(F)(F)F)s1. The van der Waals surface area contributed by atoms with E-state index in [1.54, 1.807) is 19.1 Å². The van der Waals surface area contributed by atoms with Crippen molar-refractivity contribution in [1.29, 1.82) is 0 Å². The van der Waals surface area contributed by atoms with Crippen LogP contribution in [0.1, 0.15) is 14.5 Å². The van der Waals surface area contributed by atoms with Crippen molar-refractivity contribution >= 4 is 23.2 Å². The maximum atomic E-state index is 12.3. The Hall–Kier alpha value is -1.61. The van der Waals surface area contributed by atoms with Gasteiger partial charge in [0.1, 0.15) is 6.54 Å². The highest BCUT2D eigenvalue weighted by atomic mass is 32.1. The van der Waals surface area contributed by atoms with Crippen molar-refractivity contribution in [2.75, 3.05) is 26.2 Å². The minimum Gasteiger partial charge on any atom is -0.395 e. The molecule has 0 saturated carbocycles. The zero-order chi connectivity index (χ0) is 16.0. The molecule has 0 spiro atoms. The molecule has 1 aromatic rings. The molecule has 0 aliphatic heterocycles. The van der Waals surface area contributed by atoms with Gasteiger partial charge >= 0.3 is 6.18 Å². The van der Waals surface area contributed by atoms with Crippen LogP contribution in [0.4, 0.5) is 13.2 Å². The fourth-order valence-electron chi connectivity index (χ4n) is 1.54. The predicted octanol–water partition coefficient (Wildman–Crippen LogP) is 1.17. The third kappa shape index (κ3) is 6.13. The van der Waals surface area contributed by atoms with Gasteiger partial charge in [-0.05, 0) is 19.1 Å². The molecular formula is C12H15F3N2O3S. The number of nitrogens with zero attached hydrogens (tertiary/aromatic N) is 1. The van der Waals surface area contributed by atoms with E-state index in [2.05, 4.69) is 5.32 Å². The summed E-state index contributed by atoms with van der Waals surface area (Å²) in [6.45, 7) is -1.22. The van der Waals surface area contributed by atoms with Gasteiger partial charge in [0.05, 0.1) is 18.0 Å². The van der Waals surface area contributed by atoms with Gasteiger partial charge < -0.3 is 15.3 Å². The molecule has 0 aliphatic rings. The monoisotopic (exact) mass is 324 g/mol. The summed E-state index contributed by atoms with van der Waals surface area (Å²) >= 11 is 1.22. The number of thiophene rings is 1. The van der Waals surface area contributed by atoms with Crippen LogP contribution in [0, 0.1) is 6.92 Å². The number of carbonyl (C=O) groups is 2. The molecule has 0 atom stereocenters. The molecule has 0 bridgehead atoms. The molecule has 0 unspecified atom stereocenters. The van der Waals surface area contributed by atoms with Gasteiger partial charge in [0.25, 0.3) is 5.91 Å². The van der Waals surface area contributed by atoms with E-state index in [1.807, 2.05) is 0 Å². The second kappa shape index (κ2) is 7.41. The lowest BCUT2D eigenvalue weighted by Gasteiger charge is -2.23. The number of aliphatic hydroxyl groups excluding tert-OH is 1. The minimum absolute atomic E-state index is 0.379. The second-order valence-electron chi connectivity index (χ2n) is 4.25. The largest absolute Gasteiger partial charge is 0.406 e. The zero-order valence-electron chi connectivity index (χ0n) is 11.2. The number of amides is 2. The molecule has 0 aliphatic carbocycles. The number of rotatable bonds is 6. The number of alkyl halides is 3. The van der Waals surface area contributed by atoms with Gasteiger partial charge in [-0.25, -0.2) is 0 Å². The Labute approximate surface area is 123 Å². The molecule has 2 N–H and O–H groups in total. The molecule has 1 aromatic heterocycles. The molecule has 2 amide bonds. The van der Waals surface area contributed by atoms with Crippen molar-refractivity contribution in [3.63, 3.8) is 0 Å². The zero-order valence-corrected chi connectivity index (χ0v) is 12.1. The Kier molecular flexibility index (Phi) is 6.16. The van der Waals surface area contributed by atoms with Crippen LogP contribution < -0.4 is 5.32 Å². The lowest BCUT2D eigenvalue weighted by molar-refractivity contribution is -0.161. The Balaban J connectivity index is 2.55. The van der Waals surface area contributed by atoms with E-state index in [4.69, 9.17) is 5.11 Å². The van der Waals surface area contributed by atoms with Crippen LogP contribution in [0.15, 0.2) is 12.1 Å². The van der Waals surface area contributed by atoms with Gasteiger partial charge in [0, 0.05) is 11.4 Å². The first-order valence-corrected chi connectivity index (χ1v) is 6.84. The number of nitrogens with one attached hydrogen (secondary N) is 1. The Morgan fingerprint density at radius 3 is 2.52 bits per heavy atom. The second-order valence-corrected chi connectivity index (χ2v) is 5.53. The summed E-state index contributed by atoms with van der Waals surface area (Å²) in [7, 11) is 0. The standard InChI is InChI=1S/C12H15F3N2O3S/c1-8-2-3-9(21-8)11(20)16-6-10(19)17(4-5-18)7-12(13,14)15/h2-3,18H,4-7H2,1H3,(H,16,20). The van der Waals surface area contributed by atoms with E-state index >= 15 is 0 Å². The molecule has 0 saturated heterocycles. The lowest BCUT2D eigenvalue weighted by atomic mass is 10.4. The summed E-state index contributed by atoms with van der Waals surface area (Å²) in [6.07, 6.45) is -4.56. The van der Waals surface area contributed by atoms with Crippen molar-refractivity contribution < 1.29 is 27.9 Å². The smallest absolute Gasteiger partial charge is 0.395 e. The molecule has 21 heavy (non-hydrogen) atoms. The fourth-order valence-corrected chi connectivity index (χ4v) is 2.32. The van der Waals surface area contributed by atoms with E-state index < -0.39 is 44.2 Å². The average molecular weight is 324 g/mol. The number of halogens is 3. The van der Waals surface area contributed by atoms with Crippen molar-refractivity contribution in [3.05, 3.63) is 21.9 Å². The topological polar surface area (TPSA) is 69.6 Å². The number of carbonyl (C=O) groups excluding carboxylic acids is 2. The van der Waals surface area contributed by atoms with Crippen molar-refractivity contribution in [1.82, 2.24) is 10.2 Å². The normalized spacial score (nSPS) is 11.3. The molecule has 1 rings (SSSR count). The highest BCUT2D eigenvalue weighted by Crippen LogP contribution is 2.17. The maximum absolute atomic E-state index is 12.3. The van der Waals surface area contributed by atoms with Gasteiger partial charge in [0.15, 0.2) is 0 Å². The predicted molar refractivity (Wildman–Crippen MR) is 71.1 cm³/mol. The molecule has 0 fully saturated rings. The van der Waals surface area contributed by atoms with Crippen LogP contribution in [0.25, 0.3) is 0 Å². The Bertz CT molecular complexity index is 502. The third-order valence-electron chi connectivity index (χ3n) is 2.46. The van der Waals surface area contributed by atoms with Crippen LogP contribution in [-0.4, -0.2) is 54.2 Å². The van der Waals surface area contributed by atoms with Gasteiger partial charge in [0.2, 0.25) is 5.91 Å². The van der Waals surface area contributed by atoms with E-state index in [0.717, 1.165) is 4.88 Å². The van der Waals surface area contributed by atoms with E-state index in [-0.39, 0.29) is 0 Å². The summed E-state index contributed by atoms with van der Waals surface area (Å²) in [4.78, 5) is 25.1. The number of aryl methyl sites for hydroxylation is 1. The Morgan fingerprint density at radius 1 is 1.38 bits per heavy atom. The minimum atomic E-state index is -4.56. The molecule has 5 nitrogen and oxygen atoms in total. The number of aliphatic hydroxyl groups is 1. The van der Waals surface area contributed by atoms with Crippen molar-refractivity contribution in [3.8, 4) is 0 Å². The Morgan fingerprint density at radius 2 is 2.05 bits per heavy atom. The third-order valence-corrected chi connectivity index (χ3v) is 3.46. The van der Waals surface area contributed by atoms with Gasteiger partial charge in [-0.15, -0.1) is 11.3 Å². The van der Waals surface area contributed by atoms with Crippen molar-refractivity contribution in [2.45, 2.75) is 13.1 Å². The molecular weight excluding hydrogens is 309 g/mol. The van der Waals surface area contributed by atoms with Crippen LogP contribution in [0.3, 0.4) is 0 Å². The summed E-state index contributed by atoms with van der Waals surface area (Å²) in [5.74, 6) is -1.42. The van der Waals surface area contributed by atoms with Crippen LogP contribution in [0.5, 0.6) is 0 Å². The van der Waals surface area contributed by atoms with Crippen LogP contribution >= 0.6 is 11.3 Å². The van der Waals surface area contributed by atoms with E-state index in [9.17, 15) is 22.8 Å². The summed E-state index contributed by atoms with van der Waals surface area (Å²) in [5, 5.41) is 11.0. The van der Waals surface area contributed by atoms with Gasteiger partial charge in [-0.3, -0.25) is 9.59 Å². The van der Waals surface area contributed by atoms with Gasteiger partial charge in [-0.2, -0.15) is 13.2 Å². The quantitative estimate of drug-likeness (QED) is 0.825. The highest BCUT2D eigenvalue weighted by molar-refractivity contribution is 7.13. The first kappa shape index (κ1) is 17.4. The molecule has 0 radical (unpaired) electrons. The van der Waals surface area contributed by atoms with Crippen LogP contribution in [0.2, 0.25) is 0 Å². The van der Waals surface area contributed by atoms with E-state index in [0.29, 0.717) is 9.78 Å².